The maximum absolute atomic E-state index is 11.2. The molecule has 2 heterocycles. The number of primary amides is 1. The van der Waals surface area contributed by atoms with E-state index in [1.54, 1.807) is 24.4 Å². The number of pyridine rings is 2. The predicted molar refractivity (Wildman–Crippen MR) is 121 cm³/mol. The van der Waals surface area contributed by atoms with Crippen molar-refractivity contribution in [3.63, 3.8) is 0 Å². The number of nitrogens with two attached hydrogens (primary N) is 1. The van der Waals surface area contributed by atoms with Gasteiger partial charge in [-0.05, 0) is 42.8 Å². The lowest BCUT2D eigenvalue weighted by molar-refractivity contribution is -0.107. The second kappa shape index (κ2) is 10.0. The van der Waals surface area contributed by atoms with E-state index in [9.17, 15) is 9.59 Å². The normalized spacial score (nSPS) is 11.8. The highest BCUT2D eigenvalue weighted by Crippen LogP contribution is 2.36. The van der Waals surface area contributed by atoms with Crippen molar-refractivity contribution in [1.82, 2.24) is 9.97 Å². The van der Waals surface area contributed by atoms with Crippen molar-refractivity contribution in [3.8, 4) is 22.8 Å². The maximum atomic E-state index is 11.2. The number of carbonyl (C=O) groups is 2. The van der Waals surface area contributed by atoms with Crippen LogP contribution >= 0.6 is 0 Å². The van der Waals surface area contributed by atoms with Crippen molar-refractivity contribution in [1.29, 1.82) is 0 Å². The van der Waals surface area contributed by atoms with E-state index in [1.165, 1.54) is 0 Å². The molecule has 0 aromatic carbocycles. The Morgan fingerprint density at radius 1 is 1.23 bits per heavy atom. The molecule has 0 radical (unpaired) electrons. The zero-order chi connectivity index (χ0) is 23.2. The lowest BCUT2D eigenvalue weighted by Gasteiger charge is -2.36. The first-order valence-corrected chi connectivity index (χ1v) is 13.0. The number of aromatic nitrogens is 2. The van der Waals surface area contributed by atoms with E-state index >= 15 is 0 Å². The molecule has 2 aromatic rings. The molecule has 0 atom stereocenters. The van der Waals surface area contributed by atoms with E-state index in [4.69, 9.17) is 19.6 Å². The van der Waals surface area contributed by atoms with Gasteiger partial charge in [0.25, 0.3) is 0 Å². The van der Waals surface area contributed by atoms with E-state index in [1.807, 2.05) is 6.92 Å². The van der Waals surface area contributed by atoms with Crippen LogP contribution in [0.5, 0.6) is 11.6 Å². The van der Waals surface area contributed by atoms with E-state index in [-0.39, 0.29) is 17.2 Å². The van der Waals surface area contributed by atoms with Gasteiger partial charge >= 0.3 is 6.09 Å². The van der Waals surface area contributed by atoms with Gasteiger partial charge in [-0.2, -0.15) is 0 Å². The first-order valence-electron chi connectivity index (χ1n) is 10.1. The van der Waals surface area contributed by atoms with Gasteiger partial charge in [0.15, 0.2) is 14.1 Å². The molecule has 2 N–H and O–H groups in total. The number of carbonyl (C=O) groups excluding carboxylic acids is 2. The highest BCUT2D eigenvalue weighted by atomic mass is 28.4. The summed E-state index contributed by atoms with van der Waals surface area (Å²) >= 11 is 0. The zero-order valence-corrected chi connectivity index (χ0v) is 20.0. The molecule has 0 fully saturated rings. The minimum Gasteiger partial charge on any atom is -0.475 e. The van der Waals surface area contributed by atoms with Gasteiger partial charge in [0.05, 0.1) is 12.3 Å². The van der Waals surface area contributed by atoms with Gasteiger partial charge in [-0.3, -0.25) is 4.98 Å². The number of aldehydes is 1. The molecule has 0 saturated heterocycles. The minimum absolute atomic E-state index is 0.0165. The Morgan fingerprint density at radius 2 is 1.94 bits per heavy atom. The Balaban J connectivity index is 2.17. The predicted octanol–water partition coefficient (Wildman–Crippen LogP) is 4.05. The summed E-state index contributed by atoms with van der Waals surface area (Å²) in [6, 6.07) is 5.23. The smallest absolute Gasteiger partial charge is 0.410 e. The summed E-state index contributed by atoms with van der Waals surface area (Å²) in [5, 5.41) is 0.135. The van der Waals surface area contributed by atoms with Crippen molar-refractivity contribution < 1.29 is 23.5 Å². The van der Waals surface area contributed by atoms with E-state index < -0.39 is 14.4 Å². The van der Waals surface area contributed by atoms with Crippen LogP contribution in [-0.4, -0.2) is 43.9 Å². The summed E-state index contributed by atoms with van der Waals surface area (Å²) in [4.78, 5) is 30.8. The van der Waals surface area contributed by atoms with Crippen LogP contribution in [0.25, 0.3) is 11.1 Å². The third kappa shape index (κ3) is 6.60. The van der Waals surface area contributed by atoms with E-state index in [0.29, 0.717) is 36.8 Å². The number of amides is 1. The van der Waals surface area contributed by atoms with Crippen LogP contribution in [0.3, 0.4) is 0 Å². The molecular formula is C22H31N3O5Si. The summed E-state index contributed by atoms with van der Waals surface area (Å²) in [5.41, 5.74) is 7.68. The van der Waals surface area contributed by atoms with Crippen LogP contribution < -0.4 is 15.2 Å². The number of hydrogen-bond donors (Lipinski definition) is 1. The van der Waals surface area contributed by atoms with Crippen LogP contribution in [0.2, 0.25) is 18.1 Å². The molecule has 0 aliphatic carbocycles. The van der Waals surface area contributed by atoms with Crippen LogP contribution in [0.1, 0.15) is 32.2 Å². The molecule has 1 amide bonds. The fourth-order valence-electron chi connectivity index (χ4n) is 2.67. The average Bonchev–Trinajstić information content (AvgIpc) is 2.66. The van der Waals surface area contributed by atoms with Crippen LogP contribution in [-0.2, 0) is 15.6 Å². The number of hydrogen-bond acceptors (Lipinski definition) is 7. The average molecular weight is 446 g/mol. The van der Waals surface area contributed by atoms with E-state index in [2.05, 4.69) is 43.8 Å². The van der Waals surface area contributed by atoms with Crippen molar-refractivity contribution in [2.45, 2.75) is 52.2 Å². The van der Waals surface area contributed by atoms with Gasteiger partial charge in [-0.1, -0.05) is 20.8 Å². The lowest BCUT2D eigenvalue weighted by Crippen LogP contribution is -2.41. The first-order chi connectivity index (χ1) is 14.4. The van der Waals surface area contributed by atoms with Crippen molar-refractivity contribution in [2.24, 2.45) is 5.73 Å². The fraction of sp³-hybridized carbons (Fsp3) is 0.455. The first kappa shape index (κ1) is 24.5. The molecule has 0 saturated carbocycles. The van der Waals surface area contributed by atoms with Crippen LogP contribution in [0.15, 0.2) is 24.4 Å². The van der Waals surface area contributed by atoms with Crippen LogP contribution in [0.4, 0.5) is 4.79 Å². The van der Waals surface area contributed by atoms with Gasteiger partial charge in [0.2, 0.25) is 5.88 Å². The second-order valence-electron chi connectivity index (χ2n) is 8.70. The maximum Gasteiger partial charge on any atom is 0.410 e. The molecule has 0 aliphatic heterocycles. The van der Waals surface area contributed by atoms with Crippen molar-refractivity contribution >= 4 is 20.7 Å². The van der Waals surface area contributed by atoms with Crippen molar-refractivity contribution in [2.75, 3.05) is 13.2 Å². The molecule has 2 rings (SSSR count). The molecular weight excluding hydrogens is 414 g/mol. The summed E-state index contributed by atoms with van der Waals surface area (Å²) < 4.78 is 17.0. The van der Waals surface area contributed by atoms with Gasteiger partial charge < -0.3 is 24.4 Å². The number of aryl methyl sites for hydroxylation is 1. The highest BCUT2D eigenvalue weighted by Gasteiger charge is 2.36. The lowest BCUT2D eigenvalue weighted by atomic mass is 10.0. The van der Waals surface area contributed by atoms with Gasteiger partial charge in [-0.25, -0.2) is 9.78 Å². The molecule has 31 heavy (non-hydrogen) atoms. The summed E-state index contributed by atoms with van der Waals surface area (Å²) in [6.07, 6.45) is 1.37. The largest absolute Gasteiger partial charge is 0.475 e. The standard InChI is InChI=1S/C22H31N3O5Si/c1-15-17(14-19(30-21(23)27)18(25-15)8-10-26)16-7-9-24-20(13-16)28-11-12-29-31(5,6)22(2,3)4/h7,9-10,13-14H,8,11-12H2,1-6H3,(H2,23,27). The minimum atomic E-state index is -1.83. The Labute approximate surface area is 184 Å². The zero-order valence-electron chi connectivity index (χ0n) is 19.0. The third-order valence-corrected chi connectivity index (χ3v) is 9.93. The highest BCUT2D eigenvalue weighted by molar-refractivity contribution is 6.74. The second-order valence-corrected chi connectivity index (χ2v) is 13.5. The summed E-state index contributed by atoms with van der Waals surface area (Å²) in [7, 11) is -1.83. The molecule has 9 heteroatoms. The van der Waals surface area contributed by atoms with Crippen molar-refractivity contribution in [3.05, 3.63) is 35.8 Å². The molecule has 2 aromatic heterocycles. The monoisotopic (exact) mass is 445 g/mol. The topological polar surface area (TPSA) is 114 Å². The SMILES string of the molecule is Cc1nc(CC=O)c(OC(N)=O)cc1-c1ccnc(OCCO[Si](C)(C)C(C)(C)C)c1. The molecule has 0 spiro atoms. The Hall–Kier alpha value is -2.78. The third-order valence-electron chi connectivity index (χ3n) is 5.39. The summed E-state index contributed by atoms with van der Waals surface area (Å²) in [5.74, 6) is 0.604. The van der Waals surface area contributed by atoms with E-state index in [0.717, 1.165) is 11.1 Å². The molecule has 168 valence electrons. The van der Waals surface area contributed by atoms with Gasteiger partial charge in [0, 0.05) is 29.9 Å². The molecule has 0 bridgehead atoms. The summed E-state index contributed by atoms with van der Waals surface area (Å²) in [6.45, 7) is 13.7. The Kier molecular flexibility index (Phi) is 7.91. The molecule has 8 nitrogen and oxygen atoms in total. The number of nitrogens with zero attached hydrogens (tertiary/aromatic N) is 2. The molecule has 0 aliphatic rings. The van der Waals surface area contributed by atoms with Gasteiger partial charge in [0.1, 0.15) is 12.9 Å². The van der Waals surface area contributed by atoms with Gasteiger partial charge in [-0.15, -0.1) is 0 Å². The Morgan fingerprint density at radius 3 is 2.55 bits per heavy atom. The van der Waals surface area contributed by atoms with Crippen LogP contribution in [0, 0.1) is 6.92 Å². The molecule has 0 unspecified atom stereocenters. The quantitative estimate of drug-likeness (QED) is 0.352. The Bertz CT molecular complexity index is 941. The number of ether oxygens (including phenoxy) is 2. The number of rotatable bonds is 9. The fourth-order valence-corrected chi connectivity index (χ4v) is 3.69.